The quantitative estimate of drug-likeness (QED) is 0.813. The summed E-state index contributed by atoms with van der Waals surface area (Å²) in [5.41, 5.74) is -0.360. The number of hydrogen-bond acceptors (Lipinski definition) is 1. The maximum atomic E-state index is 13.5. The van der Waals surface area contributed by atoms with Crippen LogP contribution in [-0.2, 0) is 0 Å². The van der Waals surface area contributed by atoms with Crippen LogP contribution in [0.5, 0.6) is 0 Å². The molecule has 0 radical (unpaired) electrons. The van der Waals surface area contributed by atoms with Gasteiger partial charge in [-0.15, -0.1) is 0 Å². The minimum atomic E-state index is -0.836. The van der Waals surface area contributed by atoms with E-state index >= 15 is 0 Å². The first-order valence-corrected chi connectivity index (χ1v) is 5.64. The highest BCUT2D eigenvalue weighted by Gasteiger charge is 2.17. The van der Waals surface area contributed by atoms with Crippen molar-refractivity contribution in [2.24, 2.45) is 0 Å². The first-order chi connectivity index (χ1) is 8.99. The number of anilines is 1. The van der Waals surface area contributed by atoms with Crippen molar-refractivity contribution in [2.75, 3.05) is 5.32 Å². The predicted molar refractivity (Wildman–Crippen MR) is 64.8 cm³/mol. The van der Waals surface area contributed by atoms with Gasteiger partial charge >= 0.3 is 0 Å². The van der Waals surface area contributed by atoms with E-state index in [2.05, 4.69) is 5.32 Å². The maximum Gasteiger partial charge on any atom is 0.146 e. The van der Waals surface area contributed by atoms with E-state index in [0.29, 0.717) is 0 Å². The Morgan fingerprint density at radius 3 is 2.16 bits per heavy atom. The molecule has 1 unspecified atom stereocenters. The van der Waals surface area contributed by atoms with Gasteiger partial charge in [0.1, 0.15) is 23.3 Å². The topological polar surface area (TPSA) is 12.0 Å². The van der Waals surface area contributed by atoms with E-state index < -0.39 is 29.3 Å². The second-order valence-electron chi connectivity index (χ2n) is 4.13. The van der Waals surface area contributed by atoms with Crippen LogP contribution in [0.15, 0.2) is 36.4 Å². The van der Waals surface area contributed by atoms with Crippen LogP contribution in [-0.4, -0.2) is 0 Å². The zero-order valence-electron chi connectivity index (χ0n) is 10.1. The lowest BCUT2D eigenvalue weighted by molar-refractivity contribution is 0.542. The second-order valence-corrected chi connectivity index (χ2v) is 4.13. The minimum absolute atomic E-state index is 0.143. The summed E-state index contributed by atoms with van der Waals surface area (Å²) in [6.45, 7) is 1.46. The van der Waals surface area contributed by atoms with Crippen LogP contribution in [0.1, 0.15) is 18.5 Å². The molecule has 0 amide bonds. The van der Waals surface area contributed by atoms with Gasteiger partial charge in [-0.25, -0.2) is 17.6 Å². The van der Waals surface area contributed by atoms with Crippen molar-refractivity contribution in [1.82, 2.24) is 0 Å². The highest BCUT2D eigenvalue weighted by atomic mass is 19.1. The van der Waals surface area contributed by atoms with E-state index in [9.17, 15) is 17.6 Å². The largest absolute Gasteiger partial charge is 0.376 e. The second kappa shape index (κ2) is 5.30. The average Bonchev–Trinajstić information content (AvgIpc) is 2.33. The molecule has 1 N–H and O–H groups in total. The van der Waals surface area contributed by atoms with Gasteiger partial charge in [-0.05, 0) is 37.3 Å². The molecule has 0 spiro atoms. The molecule has 0 fully saturated rings. The molecule has 1 nitrogen and oxygen atoms in total. The third-order valence-electron chi connectivity index (χ3n) is 2.73. The Bertz CT molecular complexity index is 578. The summed E-state index contributed by atoms with van der Waals surface area (Å²) in [6.07, 6.45) is 0. The van der Waals surface area contributed by atoms with Gasteiger partial charge in [0.25, 0.3) is 0 Å². The average molecular weight is 269 g/mol. The van der Waals surface area contributed by atoms with Gasteiger partial charge < -0.3 is 5.32 Å². The van der Waals surface area contributed by atoms with Crippen molar-refractivity contribution in [3.8, 4) is 0 Å². The van der Waals surface area contributed by atoms with Crippen LogP contribution >= 0.6 is 0 Å². The lowest BCUT2D eigenvalue weighted by atomic mass is 10.1. The lowest BCUT2D eigenvalue weighted by Gasteiger charge is -2.17. The van der Waals surface area contributed by atoms with Gasteiger partial charge in [-0.2, -0.15) is 0 Å². The smallest absolute Gasteiger partial charge is 0.146 e. The molecule has 2 rings (SSSR count). The molecule has 0 aliphatic heterocycles. The Kier molecular flexibility index (Phi) is 3.74. The van der Waals surface area contributed by atoms with E-state index in [-0.39, 0.29) is 11.3 Å². The summed E-state index contributed by atoms with van der Waals surface area (Å²) >= 11 is 0. The number of nitrogens with one attached hydrogen (secondary N) is 1. The fourth-order valence-corrected chi connectivity index (χ4v) is 1.84. The van der Waals surface area contributed by atoms with Crippen LogP contribution in [0.3, 0.4) is 0 Å². The summed E-state index contributed by atoms with van der Waals surface area (Å²) in [5, 5.41) is 2.55. The third kappa shape index (κ3) is 2.86. The van der Waals surface area contributed by atoms with Crippen molar-refractivity contribution in [3.63, 3.8) is 0 Å². The van der Waals surface area contributed by atoms with Crippen molar-refractivity contribution in [2.45, 2.75) is 13.0 Å². The molecule has 0 saturated carbocycles. The van der Waals surface area contributed by atoms with Gasteiger partial charge in [0, 0.05) is 5.56 Å². The number of halogens is 4. The Morgan fingerprint density at radius 1 is 0.895 bits per heavy atom. The van der Waals surface area contributed by atoms with Crippen LogP contribution < -0.4 is 5.32 Å². The fraction of sp³-hybridized carbons (Fsp3) is 0.143. The van der Waals surface area contributed by atoms with Gasteiger partial charge in [0.2, 0.25) is 0 Å². The Hall–Kier alpha value is -2.04. The zero-order valence-corrected chi connectivity index (χ0v) is 10.1. The zero-order chi connectivity index (χ0) is 14.0. The number of benzene rings is 2. The van der Waals surface area contributed by atoms with Crippen LogP contribution in [0.25, 0.3) is 0 Å². The highest BCUT2D eigenvalue weighted by Crippen LogP contribution is 2.26. The van der Waals surface area contributed by atoms with Crippen molar-refractivity contribution in [3.05, 3.63) is 65.2 Å². The van der Waals surface area contributed by atoms with Gasteiger partial charge in [-0.3, -0.25) is 0 Å². The van der Waals surface area contributed by atoms with E-state index in [1.54, 1.807) is 0 Å². The molecule has 0 aromatic heterocycles. The highest BCUT2D eigenvalue weighted by molar-refractivity contribution is 5.47. The van der Waals surface area contributed by atoms with Gasteiger partial charge in [-0.1, -0.05) is 6.07 Å². The fourth-order valence-electron chi connectivity index (χ4n) is 1.84. The number of rotatable bonds is 3. The lowest BCUT2D eigenvalue weighted by Crippen LogP contribution is -2.12. The summed E-state index contributed by atoms with van der Waals surface area (Å²) in [7, 11) is 0. The van der Waals surface area contributed by atoms with Crippen LogP contribution in [0, 0.1) is 23.3 Å². The monoisotopic (exact) mass is 269 g/mol. The normalized spacial score (nSPS) is 12.3. The van der Waals surface area contributed by atoms with Crippen molar-refractivity contribution >= 4 is 5.69 Å². The molecule has 0 aliphatic carbocycles. The van der Waals surface area contributed by atoms with E-state index in [1.807, 2.05) is 0 Å². The molecule has 2 aromatic carbocycles. The number of hydrogen-bond donors (Lipinski definition) is 1. The third-order valence-corrected chi connectivity index (χ3v) is 2.73. The van der Waals surface area contributed by atoms with E-state index in [0.717, 1.165) is 30.3 Å². The van der Waals surface area contributed by atoms with Gasteiger partial charge in [0.15, 0.2) is 0 Å². The van der Waals surface area contributed by atoms with E-state index in [1.165, 1.54) is 13.0 Å². The molecule has 0 bridgehead atoms. The van der Waals surface area contributed by atoms with E-state index in [4.69, 9.17) is 0 Å². The molecule has 2 aromatic rings. The van der Waals surface area contributed by atoms with Crippen LogP contribution in [0.4, 0.5) is 23.2 Å². The first-order valence-electron chi connectivity index (χ1n) is 5.64. The molecule has 5 heteroatoms. The van der Waals surface area contributed by atoms with Gasteiger partial charge in [0.05, 0.1) is 11.7 Å². The summed E-state index contributed by atoms with van der Waals surface area (Å²) < 4.78 is 53.5. The summed E-state index contributed by atoms with van der Waals surface area (Å²) in [4.78, 5) is 0. The summed E-state index contributed by atoms with van der Waals surface area (Å²) in [5.74, 6) is -2.80. The summed E-state index contributed by atoms with van der Waals surface area (Å²) in [6, 6.07) is 5.47. The molecule has 0 heterocycles. The SMILES string of the molecule is CC(Nc1cc(F)ccc1F)c1c(F)cccc1F. The van der Waals surface area contributed by atoms with Crippen molar-refractivity contribution < 1.29 is 17.6 Å². The maximum absolute atomic E-state index is 13.5. The van der Waals surface area contributed by atoms with Crippen LogP contribution in [0.2, 0.25) is 0 Å². The molecule has 0 saturated heterocycles. The first kappa shape index (κ1) is 13.4. The minimum Gasteiger partial charge on any atom is -0.376 e. The molecule has 19 heavy (non-hydrogen) atoms. The molecule has 100 valence electrons. The van der Waals surface area contributed by atoms with Crippen molar-refractivity contribution in [1.29, 1.82) is 0 Å². The Morgan fingerprint density at radius 2 is 1.53 bits per heavy atom. The Labute approximate surface area is 107 Å². The predicted octanol–water partition coefficient (Wildman–Crippen LogP) is 4.42. The molecular weight excluding hydrogens is 258 g/mol. The Balaban J connectivity index is 2.31. The molecule has 1 atom stereocenters. The molecular formula is C14H11F4N. The molecule has 0 aliphatic rings. The standard InChI is InChI=1S/C14H11F4N/c1-8(14-11(17)3-2-4-12(14)18)19-13-7-9(15)5-6-10(13)16/h2-8,19H,1H3.